The maximum absolute atomic E-state index is 12.9. The number of hydrogen-bond donors (Lipinski definition) is 0. The second-order valence-corrected chi connectivity index (χ2v) is 7.15. The van der Waals surface area contributed by atoms with E-state index in [4.69, 9.17) is 10.00 Å². The number of rotatable bonds is 9. The molecule has 2 aromatic rings. The molecule has 0 spiro atoms. The maximum Gasteiger partial charge on any atom is 0.241 e. The first-order valence-electron chi connectivity index (χ1n) is 9.53. The highest BCUT2D eigenvalue weighted by Gasteiger charge is 2.18. The molecule has 0 saturated carbocycles. The van der Waals surface area contributed by atoms with Crippen molar-refractivity contribution in [2.75, 3.05) is 38.2 Å². The molecule has 2 rings (SSSR count). The highest BCUT2D eigenvalue weighted by Crippen LogP contribution is 2.20. The molecule has 0 saturated heterocycles. The summed E-state index contributed by atoms with van der Waals surface area (Å²) in [6.07, 6.45) is 0.304. The SMILES string of the molecule is Cc1cc(C)cc(N(CCC#N)C(=O)CN(C)CCOc2ccccc2C)c1. The molecule has 5 nitrogen and oxygen atoms in total. The smallest absolute Gasteiger partial charge is 0.241 e. The third-order valence-electron chi connectivity index (χ3n) is 4.50. The van der Waals surface area contributed by atoms with Gasteiger partial charge in [-0.05, 0) is 62.7 Å². The van der Waals surface area contributed by atoms with Crippen molar-refractivity contribution >= 4 is 11.6 Å². The first-order chi connectivity index (χ1) is 13.4. The number of carbonyl (C=O) groups excluding carboxylic acids is 1. The predicted octanol–water partition coefficient (Wildman–Crippen LogP) is 3.87. The standard InChI is InChI=1S/C23H29N3O2/c1-18-14-19(2)16-21(15-18)26(11-7-10-24)23(27)17-25(4)12-13-28-22-9-6-5-8-20(22)3/h5-6,8-9,14-16H,7,11-13,17H2,1-4H3. The van der Waals surface area contributed by atoms with E-state index in [-0.39, 0.29) is 12.5 Å². The van der Waals surface area contributed by atoms with Crippen molar-refractivity contribution in [3.63, 3.8) is 0 Å². The Kier molecular flexibility index (Phi) is 8.03. The van der Waals surface area contributed by atoms with Crippen LogP contribution in [0.5, 0.6) is 5.75 Å². The van der Waals surface area contributed by atoms with Gasteiger partial charge in [0.1, 0.15) is 12.4 Å². The molecule has 0 unspecified atom stereocenters. The molecule has 0 aliphatic rings. The van der Waals surface area contributed by atoms with Crippen LogP contribution in [0.4, 0.5) is 5.69 Å². The number of hydrogen-bond acceptors (Lipinski definition) is 4. The number of amides is 1. The number of likely N-dealkylation sites (N-methyl/N-ethyl adjacent to an activating group) is 1. The minimum absolute atomic E-state index is 0.0151. The Bertz CT molecular complexity index is 822. The summed E-state index contributed by atoms with van der Waals surface area (Å²) in [6.45, 7) is 7.85. The van der Waals surface area contributed by atoms with Crippen molar-refractivity contribution in [2.24, 2.45) is 0 Å². The van der Waals surface area contributed by atoms with E-state index in [9.17, 15) is 4.79 Å². The summed E-state index contributed by atoms with van der Waals surface area (Å²) in [7, 11) is 1.91. The van der Waals surface area contributed by atoms with Crippen LogP contribution in [0.3, 0.4) is 0 Å². The van der Waals surface area contributed by atoms with Crippen LogP contribution >= 0.6 is 0 Å². The zero-order valence-electron chi connectivity index (χ0n) is 17.2. The number of benzene rings is 2. The van der Waals surface area contributed by atoms with Gasteiger partial charge < -0.3 is 9.64 Å². The van der Waals surface area contributed by atoms with Crippen LogP contribution < -0.4 is 9.64 Å². The van der Waals surface area contributed by atoms with E-state index in [0.29, 0.717) is 26.1 Å². The molecule has 0 aromatic heterocycles. The van der Waals surface area contributed by atoms with Crippen molar-refractivity contribution in [1.82, 2.24) is 4.90 Å². The molecule has 2 aromatic carbocycles. The fraction of sp³-hybridized carbons (Fsp3) is 0.391. The Morgan fingerprint density at radius 1 is 1.07 bits per heavy atom. The summed E-state index contributed by atoms with van der Waals surface area (Å²) in [6, 6.07) is 16.1. The zero-order chi connectivity index (χ0) is 20.5. The zero-order valence-corrected chi connectivity index (χ0v) is 17.2. The highest BCUT2D eigenvalue weighted by molar-refractivity contribution is 5.95. The lowest BCUT2D eigenvalue weighted by molar-refractivity contribution is -0.119. The van der Waals surface area contributed by atoms with E-state index in [1.807, 2.05) is 69.1 Å². The van der Waals surface area contributed by atoms with E-state index in [1.54, 1.807) is 4.90 Å². The molecule has 0 fully saturated rings. The van der Waals surface area contributed by atoms with Crippen molar-refractivity contribution in [1.29, 1.82) is 5.26 Å². The van der Waals surface area contributed by atoms with E-state index < -0.39 is 0 Å². The van der Waals surface area contributed by atoms with Gasteiger partial charge in [-0.1, -0.05) is 24.3 Å². The topological polar surface area (TPSA) is 56.6 Å². The molecule has 0 aliphatic heterocycles. The Balaban J connectivity index is 1.96. The molecule has 0 bridgehead atoms. The van der Waals surface area contributed by atoms with Gasteiger partial charge in [0.05, 0.1) is 19.0 Å². The number of anilines is 1. The third kappa shape index (κ3) is 6.40. The lowest BCUT2D eigenvalue weighted by Crippen LogP contribution is -2.40. The molecule has 0 aliphatic carbocycles. The minimum Gasteiger partial charge on any atom is -0.492 e. The molecule has 0 atom stereocenters. The molecule has 0 radical (unpaired) electrons. The normalized spacial score (nSPS) is 10.6. The number of para-hydroxylation sites is 1. The quantitative estimate of drug-likeness (QED) is 0.664. The number of carbonyl (C=O) groups is 1. The fourth-order valence-corrected chi connectivity index (χ4v) is 3.09. The van der Waals surface area contributed by atoms with Crippen LogP contribution in [0.15, 0.2) is 42.5 Å². The number of aryl methyl sites for hydroxylation is 3. The second kappa shape index (κ2) is 10.5. The predicted molar refractivity (Wildman–Crippen MR) is 113 cm³/mol. The first kappa shape index (κ1) is 21.5. The molecular formula is C23H29N3O2. The third-order valence-corrected chi connectivity index (χ3v) is 4.50. The van der Waals surface area contributed by atoms with Crippen LogP contribution in [0, 0.1) is 32.1 Å². The minimum atomic E-state index is -0.0151. The van der Waals surface area contributed by atoms with E-state index in [1.165, 1.54) is 0 Å². The summed E-state index contributed by atoms with van der Waals surface area (Å²) in [4.78, 5) is 16.6. The Hall–Kier alpha value is -2.84. The molecule has 28 heavy (non-hydrogen) atoms. The fourth-order valence-electron chi connectivity index (χ4n) is 3.09. The second-order valence-electron chi connectivity index (χ2n) is 7.15. The number of ether oxygens (including phenoxy) is 1. The summed E-state index contributed by atoms with van der Waals surface area (Å²) in [5.41, 5.74) is 4.15. The average molecular weight is 380 g/mol. The summed E-state index contributed by atoms with van der Waals surface area (Å²) in [5.74, 6) is 0.853. The van der Waals surface area contributed by atoms with Crippen molar-refractivity contribution in [2.45, 2.75) is 27.2 Å². The maximum atomic E-state index is 12.9. The largest absolute Gasteiger partial charge is 0.492 e. The van der Waals surface area contributed by atoms with Gasteiger partial charge in [-0.3, -0.25) is 9.69 Å². The van der Waals surface area contributed by atoms with Gasteiger partial charge in [0.2, 0.25) is 5.91 Å². The summed E-state index contributed by atoms with van der Waals surface area (Å²) in [5, 5.41) is 8.97. The van der Waals surface area contributed by atoms with Gasteiger partial charge >= 0.3 is 0 Å². The number of nitrogens with zero attached hydrogens (tertiary/aromatic N) is 3. The van der Waals surface area contributed by atoms with Gasteiger partial charge in [0.25, 0.3) is 0 Å². The van der Waals surface area contributed by atoms with Gasteiger partial charge in [0, 0.05) is 18.8 Å². The van der Waals surface area contributed by atoms with Gasteiger partial charge in [-0.2, -0.15) is 5.26 Å². The lowest BCUT2D eigenvalue weighted by atomic mass is 10.1. The molecular weight excluding hydrogens is 350 g/mol. The van der Waals surface area contributed by atoms with Crippen LogP contribution in [-0.2, 0) is 4.79 Å². The summed E-state index contributed by atoms with van der Waals surface area (Å²) >= 11 is 0. The molecule has 1 amide bonds. The van der Waals surface area contributed by atoms with E-state index in [0.717, 1.165) is 28.1 Å². The number of nitriles is 1. The van der Waals surface area contributed by atoms with Crippen LogP contribution in [0.2, 0.25) is 0 Å². The van der Waals surface area contributed by atoms with Gasteiger partial charge in [-0.25, -0.2) is 0 Å². The average Bonchev–Trinajstić information content (AvgIpc) is 2.63. The van der Waals surface area contributed by atoms with Crippen LogP contribution in [-0.4, -0.2) is 44.1 Å². The molecule has 0 heterocycles. The Labute approximate surface area is 168 Å². The van der Waals surface area contributed by atoms with Crippen LogP contribution in [0.1, 0.15) is 23.1 Å². The lowest BCUT2D eigenvalue weighted by Gasteiger charge is -2.25. The highest BCUT2D eigenvalue weighted by atomic mass is 16.5. The monoisotopic (exact) mass is 379 g/mol. The Morgan fingerprint density at radius 3 is 2.39 bits per heavy atom. The molecule has 0 N–H and O–H groups in total. The van der Waals surface area contributed by atoms with Crippen LogP contribution in [0.25, 0.3) is 0 Å². The summed E-state index contributed by atoms with van der Waals surface area (Å²) < 4.78 is 5.82. The Morgan fingerprint density at radius 2 is 1.75 bits per heavy atom. The van der Waals surface area contributed by atoms with Gasteiger partial charge in [0.15, 0.2) is 0 Å². The van der Waals surface area contributed by atoms with Crippen molar-refractivity contribution < 1.29 is 9.53 Å². The first-order valence-corrected chi connectivity index (χ1v) is 9.53. The van der Waals surface area contributed by atoms with E-state index >= 15 is 0 Å². The van der Waals surface area contributed by atoms with Gasteiger partial charge in [-0.15, -0.1) is 0 Å². The van der Waals surface area contributed by atoms with Crippen molar-refractivity contribution in [3.8, 4) is 11.8 Å². The van der Waals surface area contributed by atoms with Crippen molar-refractivity contribution in [3.05, 3.63) is 59.2 Å². The van der Waals surface area contributed by atoms with E-state index in [2.05, 4.69) is 12.1 Å². The molecule has 148 valence electrons. The molecule has 5 heteroatoms.